The van der Waals surface area contributed by atoms with Crippen LogP contribution in [-0.2, 0) is 16.1 Å². The first-order chi connectivity index (χ1) is 14.8. The highest BCUT2D eigenvalue weighted by Gasteiger charge is 2.41. The van der Waals surface area contributed by atoms with Crippen molar-refractivity contribution in [2.75, 3.05) is 11.9 Å². The van der Waals surface area contributed by atoms with Crippen molar-refractivity contribution in [2.24, 2.45) is 0 Å². The van der Waals surface area contributed by atoms with Crippen molar-refractivity contribution in [3.63, 3.8) is 0 Å². The molecule has 0 fully saturated rings. The van der Waals surface area contributed by atoms with E-state index in [-0.39, 0.29) is 11.8 Å². The molecule has 0 saturated heterocycles. The van der Waals surface area contributed by atoms with Crippen molar-refractivity contribution in [1.82, 2.24) is 4.90 Å². The number of nitrogens with zero attached hydrogens (tertiary/aromatic N) is 2. The number of rotatable bonds is 5. The van der Waals surface area contributed by atoms with Crippen LogP contribution in [-0.4, -0.2) is 23.8 Å². The van der Waals surface area contributed by atoms with Gasteiger partial charge in [-0.05, 0) is 55.2 Å². The molecule has 1 heterocycles. The second-order valence-corrected chi connectivity index (χ2v) is 8.22. The second-order valence-electron chi connectivity index (χ2n) is 8.22. The minimum Gasteiger partial charge on any atom is -0.365 e. The topological polar surface area (TPSA) is 40.6 Å². The molecule has 0 aromatic heterocycles. The summed E-state index contributed by atoms with van der Waals surface area (Å²) in [6.07, 6.45) is 0. The molecule has 0 spiro atoms. The maximum absolute atomic E-state index is 13.6. The number of imide groups is 1. The number of anilines is 1. The van der Waals surface area contributed by atoms with Gasteiger partial charge in [-0.1, -0.05) is 66.2 Å². The Bertz CT molecular complexity index is 1160. The van der Waals surface area contributed by atoms with Gasteiger partial charge in [0.2, 0.25) is 0 Å². The van der Waals surface area contributed by atoms with Gasteiger partial charge in [-0.2, -0.15) is 0 Å². The lowest BCUT2D eigenvalue weighted by Gasteiger charge is -2.22. The van der Waals surface area contributed by atoms with Crippen molar-refractivity contribution < 1.29 is 9.59 Å². The SMILES string of the molecule is Cc1ccc(C2=C(N(C)Cc3ccccc3)C(=O)N(c3cc(C)cc(C)c3)C2=O)cc1. The van der Waals surface area contributed by atoms with E-state index in [1.165, 1.54) is 4.90 Å². The molecule has 3 aromatic carbocycles. The normalized spacial score (nSPS) is 13.9. The molecule has 0 atom stereocenters. The molecule has 1 aliphatic heterocycles. The maximum atomic E-state index is 13.6. The van der Waals surface area contributed by atoms with Gasteiger partial charge in [-0.15, -0.1) is 0 Å². The molecule has 0 unspecified atom stereocenters. The van der Waals surface area contributed by atoms with Gasteiger partial charge >= 0.3 is 0 Å². The van der Waals surface area contributed by atoms with E-state index in [0.717, 1.165) is 27.8 Å². The van der Waals surface area contributed by atoms with Crippen LogP contribution in [0.25, 0.3) is 5.57 Å². The smallest absolute Gasteiger partial charge is 0.282 e. The summed E-state index contributed by atoms with van der Waals surface area (Å²) >= 11 is 0. The lowest BCUT2D eigenvalue weighted by atomic mass is 10.0. The molecule has 156 valence electrons. The summed E-state index contributed by atoms with van der Waals surface area (Å²) in [5.74, 6) is -0.572. The predicted molar refractivity (Wildman–Crippen MR) is 124 cm³/mol. The fourth-order valence-corrected chi connectivity index (χ4v) is 4.10. The number of hydrogen-bond acceptors (Lipinski definition) is 3. The quantitative estimate of drug-likeness (QED) is 0.554. The molecule has 31 heavy (non-hydrogen) atoms. The van der Waals surface area contributed by atoms with E-state index in [1.54, 1.807) is 0 Å². The molecule has 1 aliphatic rings. The Labute approximate surface area is 183 Å². The van der Waals surface area contributed by atoms with Crippen molar-refractivity contribution in [3.05, 3.63) is 106 Å². The van der Waals surface area contributed by atoms with Crippen LogP contribution < -0.4 is 4.90 Å². The minimum atomic E-state index is -0.288. The van der Waals surface area contributed by atoms with E-state index in [1.807, 2.05) is 106 Å². The largest absolute Gasteiger partial charge is 0.365 e. The highest BCUT2D eigenvalue weighted by molar-refractivity contribution is 6.45. The van der Waals surface area contributed by atoms with E-state index in [0.29, 0.717) is 23.5 Å². The third kappa shape index (κ3) is 4.02. The van der Waals surface area contributed by atoms with E-state index in [9.17, 15) is 9.59 Å². The first kappa shape index (κ1) is 20.6. The Balaban J connectivity index is 1.81. The lowest BCUT2D eigenvalue weighted by Crippen LogP contribution is -2.34. The molecule has 0 radical (unpaired) electrons. The Kier molecular flexibility index (Phi) is 5.47. The molecule has 0 aliphatic carbocycles. The van der Waals surface area contributed by atoms with Crippen LogP contribution in [0.1, 0.15) is 27.8 Å². The molecule has 3 aromatic rings. The fraction of sp³-hybridized carbons (Fsp3) is 0.185. The van der Waals surface area contributed by atoms with Gasteiger partial charge in [0.15, 0.2) is 0 Å². The lowest BCUT2D eigenvalue weighted by molar-refractivity contribution is -0.120. The van der Waals surface area contributed by atoms with Crippen LogP contribution in [0.3, 0.4) is 0 Å². The van der Waals surface area contributed by atoms with Crippen LogP contribution in [0.15, 0.2) is 78.5 Å². The third-order valence-corrected chi connectivity index (χ3v) is 5.51. The second kappa shape index (κ2) is 8.23. The number of benzene rings is 3. The van der Waals surface area contributed by atoms with E-state index >= 15 is 0 Å². The fourth-order valence-electron chi connectivity index (χ4n) is 4.10. The van der Waals surface area contributed by atoms with Gasteiger partial charge in [0, 0.05) is 13.6 Å². The van der Waals surface area contributed by atoms with Crippen molar-refractivity contribution in [1.29, 1.82) is 0 Å². The molecule has 4 nitrogen and oxygen atoms in total. The molecule has 0 N–H and O–H groups in total. The van der Waals surface area contributed by atoms with Gasteiger partial charge in [-0.3, -0.25) is 9.59 Å². The van der Waals surface area contributed by atoms with E-state index < -0.39 is 0 Å². The molecular formula is C27H26N2O2. The van der Waals surface area contributed by atoms with Gasteiger partial charge in [0.05, 0.1) is 11.3 Å². The number of likely N-dealkylation sites (N-methyl/N-ethyl adjacent to an activating group) is 1. The van der Waals surface area contributed by atoms with Gasteiger partial charge in [0.1, 0.15) is 5.70 Å². The van der Waals surface area contributed by atoms with E-state index in [4.69, 9.17) is 0 Å². The Hall–Kier alpha value is -3.66. The van der Waals surface area contributed by atoms with Crippen molar-refractivity contribution in [2.45, 2.75) is 27.3 Å². The Morgan fingerprint density at radius 2 is 1.35 bits per heavy atom. The zero-order chi connectivity index (χ0) is 22.1. The highest BCUT2D eigenvalue weighted by atomic mass is 16.2. The predicted octanol–water partition coefficient (Wildman–Crippen LogP) is 5.03. The van der Waals surface area contributed by atoms with Crippen LogP contribution >= 0.6 is 0 Å². The van der Waals surface area contributed by atoms with Crippen molar-refractivity contribution >= 4 is 23.1 Å². The van der Waals surface area contributed by atoms with Crippen LogP contribution in [0, 0.1) is 20.8 Å². The number of hydrogen-bond donors (Lipinski definition) is 0. The zero-order valence-electron chi connectivity index (χ0n) is 18.3. The molecule has 2 amide bonds. The first-order valence-corrected chi connectivity index (χ1v) is 10.4. The summed E-state index contributed by atoms with van der Waals surface area (Å²) in [7, 11) is 1.87. The van der Waals surface area contributed by atoms with Gasteiger partial charge in [-0.25, -0.2) is 4.90 Å². The van der Waals surface area contributed by atoms with Crippen LogP contribution in [0.5, 0.6) is 0 Å². The Morgan fingerprint density at radius 3 is 1.97 bits per heavy atom. The molecule has 4 rings (SSSR count). The van der Waals surface area contributed by atoms with Gasteiger partial charge < -0.3 is 4.90 Å². The number of amides is 2. The molecular weight excluding hydrogens is 384 g/mol. The standard InChI is InChI=1S/C27H26N2O2/c1-18-10-12-22(13-11-18)24-25(28(4)17-21-8-6-5-7-9-21)27(31)29(26(24)30)23-15-19(2)14-20(3)16-23/h5-16H,17H2,1-4H3. The molecule has 4 heteroatoms. The van der Waals surface area contributed by atoms with Crippen molar-refractivity contribution in [3.8, 4) is 0 Å². The summed E-state index contributed by atoms with van der Waals surface area (Å²) in [6, 6.07) is 23.5. The van der Waals surface area contributed by atoms with Crippen LogP contribution in [0.2, 0.25) is 0 Å². The van der Waals surface area contributed by atoms with Gasteiger partial charge in [0.25, 0.3) is 11.8 Å². The van der Waals surface area contributed by atoms with Crippen LogP contribution in [0.4, 0.5) is 5.69 Å². The molecule has 0 bridgehead atoms. The first-order valence-electron chi connectivity index (χ1n) is 10.4. The average molecular weight is 411 g/mol. The summed E-state index contributed by atoms with van der Waals surface area (Å²) in [5, 5.41) is 0. The Morgan fingerprint density at radius 1 is 0.742 bits per heavy atom. The minimum absolute atomic E-state index is 0.284. The number of aryl methyl sites for hydroxylation is 3. The molecule has 0 saturated carbocycles. The monoisotopic (exact) mass is 410 g/mol. The third-order valence-electron chi connectivity index (χ3n) is 5.51. The number of carbonyl (C=O) groups is 2. The summed E-state index contributed by atoms with van der Waals surface area (Å²) in [5.41, 5.74) is 6.44. The summed E-state index contributed by atoms with van der Waals surface area (Å²) in [6.45, 7) is 6.48. The zero-order valence-corrected chi connectivity index (χ0v) is 18.3. The highest BCUT2D eigenvalue weighted by Crippen LogP contribution is 2.35. The average Bonchev–Trinajstić information content (AvgIpc) is 2.99. The maximum Gasteiger partial charge on any atom is 0.282 e. The summed E-state index contributed by atoms with van der Waals surface area (Å²) < 4.78 is 0. The van der Waals surface area contributed by atoms with E-state index in [2.05, 4.69) is 0 Å². The number of carbonyl (C=O) groups excluding carboxylic acids is 2. The summed E-state index contributed by atoms with van der Waals surface area (Å²) in [4.78, 5) is 30.4.